The third kappa shape index (κ3) is 2.82. The molecule has 0 saturated carbocycles. The van der Waals surface area contributed by atoms with E-state index >= 15 is 0 Å². The monoisotopic (exact) mass is 349 g/mol. The fraction of sp³-hybridized carbons (Fsp3) is 0.471. The Hall–Kier alpha value is -1.86. The first-order valence-corrected chi connectivity index (χ1v) is 9.50. The van der Waals surface area contributed by atoms with Gasteiger partial charge < -0.3 is 9.42 Å². The zero-order valence-electron chi connectivity index (χ0n) is 14.5. The van der Waals surface area contributed by atoms with Crippen LogP contribution in [0.4, 0.5) is 5.69 Å². The zero-order valence-corrected chi connectivity index (χ0v) is 15.4. The number of aryl methyl sites for hydroxylation is 4. The third-order valence-electron chi connectivity index (χ3n) is 4.56. The van der Waals surface area contributed by atoms with E-state index in [1.54, 1.807) is 13.8 Å². The van der Waals surface area contributed by atoms with Gasteiger partial charge in [0, 0.05) is 31.9 Å². The van der Waals surface area contributed by atoms with Crippen molar-refractivity contribution in [3.63, 3.8) is 0 Å². The molecule has 2 aromatic rings. The number of piperazine rings is 1. The molecule has 24 heavy (non-hydrogen) atoms. The van der Waals surface area contributed by atoms with Crippen molar-refractivity contribution in [3.8, 4) is 0 Å². The molecule has 0 spiro atoms. The highest BCUT2D eigenvalue weighted by Crippen LogP contribution is 2.28. The van der Waals surface area contributed by atoms with Gasteiger partial charge in [0.2, 0.25) is 10.0 Å². The lowest BCUT2D eigenvalue weighted by Gasteiger charge is -2.36. The molecule has 1 aromatic heterocycles. The van der Waals surface area contributed by atoms with E-state index in [0.717, 1.165) is 0 Å². The fourth-order valence-corrected chi connectivity index (χ4v) is 5.14. The molecular formula is C17H23N3O3S. The molecule has 0 unspecified atom stereocenters. The standard InChI is InChI=1S/C17H23N3O3S/c1-12-6-5-7-13(2)16(12)19-8-10-20(11-9-19)24(21,22)17-14(3)18-23-15(17)4/h5-7H,8-11H2,1-4H3. The maximum atomic E-state index is 12.9. The third-order valence-corrected chi connectivity index (χ3v) is 6.70. The Morgan fingerprint density at radius 1 is 1.00 bits per heavy atom. The Bertz CT molecular complexity index is 810. The first kappa shape index (κ1) is 17.0. The number of nitrogens with zero attached hydrogens (tertiary/aromatic N) is 3. The van der Waals surface area contributed by atoms with E-state index in [4.69, 9.17) is 4.52 Å². The summed E-state index contributed by atoms with van der Waals surface area (Å²) in [7, 11) is -3.56. The molecule has 7 heteroatoms. The molecule has 0 atom stereocenters. The number of anilines is 1. The molecule has 1 saturated heterocycles. The summed E-state index contributed by atoms with van der Waals surface area (Å²) in [6.45, 7) is 9.75. The van der Waals surface area contributed by atoms with Gasteiger partial charge in [-0.25, -0.2) is 8.42 Å². The van der Waals surface area contributed by atoms with Crippen molar-refractivity contribution >= 4 is 15.7 Å². The van der Waals surface area contributed by atoms with Crippen LogP contribution in [0.25, 0.3) is 0 Å². The van der Waals surface area contributed by atoms with Gasteiger partial charge in [-0.05, 0) is 38.8 Å². The molecule has 2 heterocycles. The highest BCUT2D eigenvalue weighted by Gasteiger charge is 2.33. The van der Waals surface area contributed by atoms with Gasteiger partial charge in [-0.2, -0.15) is 4.31 Å². The average Bonchev–Trinajstić information content (AvgIpc) is 2.87. The van der Waals surface area contributed by atoms with E-state index in [0.29, 0.717) is 37.6 Å². The van der Waals surface area contributed by atoms with Crippen LogP contribution in [0.5, 0.6) is 0 Å². The lowest BCUT2D eigenvalue weighted by molar-refractivity contribution is 0.378. The Labute approximate surface area is 143 Å². The molecule has 6 nitrogen and oxygen atoms in total. The first-order valence-electron chi connectivity index (χ1n) is 8.06. The minimum atomic E-state index is -3.56. The molecule has 130 valence electrons. The van der Waals surface area contributed by atoms with Crippen molar-refractivity contribution in [3.05, 3.63) is 40.8 Å². The number of rotatable bonds is 3. The normalized spacial score (nSPS) is 16.6. The van der Waals surface area contributed by atoms with Crippen molar-refractivity contribution in [1.82, 2.24) is 9.46 Å². The van der Waals surface area contributed by atoms with Crippen LogP contribution in [0.2, 0.25) is 0 Å². The van der Waals surface area contributed by atoms with Crippen LogP contribution in [0.3, 0.4) is 0 Å². The number of aromatic nitrogens is 1. The molecule has 0 bridgehead atoms. The minimum absolute atomic E-state index is 0.211. The number of hydrogen-bond acceptors (Lipinski definition) is 5. The second kappa shape index (κ2) is 6.22. The smallest absolute Gasteiger partial charge is 0.248 e. The predicted octanol–water partition coefficient (Wildman–Crippen LogP) is 2.42. The van der Waals surface area contributed by atoms with E-state index < -0.39 is 10.0 Å². The van der Waals surface area contributed by atoms with Gasteiger partial charge in [0.15, 0.2) is 5.76 Å². The number of benzene rings is 1. The van der Waals surface area contributed by atoms with E-state index in [1.165, 1.54) is 21.1 Å². The van der Waals surface area contributed by atoms with E-state index in [9.17, 15) is 8.42 Å². The van der Waals surface area contributed by atoms with Crippen molar-refractivity contribution in [1.29, 1.82) is 0 Å². The first-order chi connectivity index (χ1) is 11.3. The van der Waals surface area contributed by atoms with Gasteiger partial charge in [-0.1, -0.05) is 23.4 Å². The Morgan fingerprint density at radius 3 is 2.08 bits per heavy atom. The summed E-state index contributed by atoms with van der Waals surface area (Å²) in [6, 6.07) is 6.23. The molecule has 0 aliphatic carbocycles. The van der Waals surface area contributed by atoms with E-state index in [1.807, 2.05) is 6.07 Å². The van der Waals surface area contributed by atoms with Crippen molar-refractivity contribution in [2.24, 2.45) is 0 Å². The number of hydrogen-bond donors (Lipinski definition) is 0. The number of sulfonamides is 1. The summed E-state index contributed by atoms with van der Waals surface area (Å²) >= 11 is 0. The highest BCUT2D eigenvalue weighted by atomic mass is 32.2. The second-order valence-corrected chi connectivity index (χ2v) is 8.16. The molecular weight excluding hydrogens is 326 g/mol. The summed E-state index contributed by atoms with van der Waals surface area (Å²) < 4.78 is 32.3. The SMILES string of the molecule is Cc1cccc(C)c1N1CCN(S(=O)(=O)c2c(C)noc2C)CC1. The Kier molecular flexibility index (Phi) is 4.40. The maximum absolute atomic E-state index is 12.9. The number of para-hydroxylation sites is 1. The van der Waals surface area contributed by atoms with Gasteiger partial charge in [-0.3, -0.25) is 0 Å². The summed E-state index contributed by atoms with van der Waals surface area (Å²) in [4.78, 5) is 2.48. The molecule has 1 fully saturated rings. The maximum Gasteiger partial charge on any atom is 0.248 e. The summed E-state index contributed by atoms with van der Waals surface area (Å²) in [5.74, 6) is 0.352. The predicted molar refractivity (Wildman–Crippen MR) is 92.9 cm³/mol. The van der Waals surface area contributed by atoms with Crippen molar-refractivity contribution < 1.29 is 12.9 Å². The van der Waals surface area contributed by atoms with Crippen molar-refractivity contribution in [2.45, 2.75) is 32.6 Å². The summed E-state index contributed by atoms with van der Waals surface area (Å²) in [6.07, 6.45) is 0. The Morgan fingerprint density at radius 2 is 1.58 bits per heavy atom. The average molecular weight is 349 g/mol. The van der Waals surface area contributed by atoms with E-state index in [-0.39, 0.29) is 4.90 Å². The largest absolute Gasteiger partial charge is 0.368 e. The van der Waals surface area contributed by atoms with Crippen LogP contribution in [-0.2, 0) is 10.0 Å². The molecule has 1 aromatic carbocycles. The van der Waals surface area contributed by atoms with Gasteiger partial charge in [0.05, 0.1) is 0 Å². The lowest BCUT2D eigenvalue weighted by Crippen LogP contribution is -2.49. The fourth-order valence-electron chi connectivity index (χ4n) is 3.43. The van der Waals surface area contributed by atoms with Crippen LogP contribution >= 0.6 is 0 Å². The van der Waals surface area contributed by atoms with Gasteiger partial charge in [0.1, 0.15) is 10.6 Å². The van der Waals surface area contributed by atoms with Crippen LogP contribution in [-0.4, -0.2) is 44.1 Å². The molecule has 0 amide bonds. The lowest BCUT2D eigenvalue weighted by atomic mass is 10.1. The molecule has 3 rings (SSSR count). The van der Waals surface area contributed by atoms with Gasteiger partial charge >= 0.3 is 0 Å². The summed E-state index contributed by atoms with van der Waals surface area (Å²) in [5.41, 5.74) is 4.07. The molecule has 1 aliphatic rings. The molecule has 1 aliphatic heterocycles. The van der Waals surface area contributed by atoms with Crippen LogP contribution in [0, 0.1) is 27.7 Å². The minimum Gasteiger partial charge on any atom is -0.368 e. The topological polar surface area (TPSA) is 66.7 Å². The molecule has 0 N–H and O–H groups in total. The van der Waals surface area contributed by atoms with Crippen molar-refractivity contribution in [2.75, 3.05) is 31.1 Å². The van der Waals surface area contributed by atoms with Crippen LogP contribution in [0.15, 0.2) is 27.6 Å². The Balaban J connectivity index is 1.81. The van der Waals surface area contributed by atoms with Crippen LogP contribution < -0.4 is 4.90 Å². The van der Waals surface area contributed by atoms with Gasteiger partial charge in [0.25, 0.3) is 0 Å². The highest BCUT2D eigenvalue weighted by molar-refractivity contribution is 7.89. The quantitative estimate of drug-likeness (QED) is 0.851. The molecule has 0 radical (unpaired) electrons. The summed E-state index contributed by atoms with van der Waals surface area (Å²) in [5, 5.41) is 3.77. The second-order valence-electron chi connectivity index (χ2n) is 6.28. The van der Waals surface area contributed by atoms with Gasteiger partial charge in [-0.15, -0.1) is 0 Å². The van der Waals surface area contributed by atoms with Crippen LogP contribution in [0.1, 0.15) is 22.6 Å². The van der Waals surface area contributed by atoms with E-state index in [2.05, 4.69) is 36.0 Å². The zero-order chi connectivity index (χ0) is 17.5.